The van der Waals surface area contributed by atoms with E-state index in [0.717, 1.165) is 11.4 Å². The summed E-state index contributed by atoms with van der Waals surface area (Å²) < 4.78 is 5.66. The maximum Gasteiger partial charge on any atom is 0.218 e. The Morgan fingerprint density at radius 1 is 1.26 bits per heavy atom. The van der Waals surface area contributed by atoms with E-state index in [9.17, 15) is 0 Å². The molecule has 0 atom stereocenters. The number of rotatable bonds is 5. The van der Waals surface area contributed by atoms with Crippen molar-refractivity contribution in [2.24, 2.45) is 0 Å². The highest BCUT2D eigenvalue weighted by atomic mass is 35.5. The van der Waals surface area contributed by atoms with Crippen LogP contribution >= 0.6 is 11.6 Å². The summed E-state index contributed by atoms with van der Waals surface area (Å²) in [6.07, 6.45) is 3.43. The largest absolute Gasteiger partial charge is 0.475 e. The van der Waals surface area contributed by atoms with E-state index in [1.165, 1.54) is 0 Å². The fraction of sp³-hybridized carbons (Fsp3) is 0.286. The van der Waals surface area contributed by atoms with Crippen LogP contribution in [0.25, 0.3) is 0 Å². The van der Waals surface area contributed by atoms with Crippen molar-refractivity contribution in [3.05, 3.63) is 47.2 Å². The Morgan fingerprint density at radius 2 is 2.11 bits per heavy atom. The maximum absolute atomic E-state index is 5.79. The number of aromatic nitrogens is 2. The third-order valence-electron chi connectivity index (χ3n) is 2.38. The van der Waals surface area contributed by atoms with Gasteiger partial charge in [-0.05, 0) is 32.0 Å². The molecule has 0 saturated heterocycles. The second kappa shape index (κ2) is 6.38. The van der Waals surface area contributed by atoms with Gasteiger partial charge in [0.25, 0.3) is 0 Å². The van der Waals surface area contributed by atoms with Crippen LogP contribution in [0.15, 0.2) is 36.7 Å². The first-order valence-electron chi connectivity index (χ1n) is 6.11. The lowest BCUT2D eigenvalue weighted by Crippen LogP contribution is -2.10. The minimum Gasteiger partial charge on any atom is -0.475 e. The molecule has 0 amide bonds. The van der Waals surface area contributed by atoms with E-state index in [0.29, 0.717) is 17.4 Å². The molecule has 0 saturated carbocycles. The summed E-state index contributed by atoms with van der Waals surface area (Å²) in [6.45, 7) is 4.56. The van der Waals surface area contributed by atoms with E-state index in [1.807, 2.05) is 32.0 Å². The average Bonchev–Trinajstić information content (AvgIpc) is 2.39. The van der Waals surface area contributed by atoms with Crippen molar-refractivity contribution in [2.45, 2.75) is 26.5 Å². The van der Waals surface area contributed by atoms with Gasteiger partial charge in [-0.1, -0.05) is 17.7 Å². The Hall–Kier alpha value is -1.81. The molecular weight excluding hydrogens is 262 g/mol. The monoisotopic (exact) mass is 277 g/mol. The lowest BCUT2D eigenvalue weighted by Gasteiger charge is -2.13. The zero-order chi connectivity index (χ0) is 13.7. The van der Waals surface area contributed by atoms with Gasteiger partial charge in [-0.3, -0.25) is 0 Å². The summed E-state index contributed by atoms with van der Waals surface area (Å²) in [6, 6.07) is 7.50. The Labute approximate surface area is 117 Å². The van der Waals surface area contributed by atoms with Crippen molar-refractivity contribution >= 4 is 17.4 Å². The van der Waals surface area contributed by atoms with Crippen LogP contribution in [0.1, 0.15) is 19.4 Å². The number of pyridine rings is 2. The Balaban J connectivity index is 2.04. The first kappa shape index (κ1) is 13.6. The molecular formula is C14H16ClN3O. The minimum absolute atomic E-state index is 0.0994. The number of ether oxygens (including phenoxy) is 1. The van der Waals surface area contributed by atoms with E-state index in [4.69, 9.17) is 16.3 Å². The molecule has 0 fully saturated rings. The lowest BCUT2D eigenvalue weighted by molar-refractivity contribution is 0.230. The lowest BCUT2D eigenvalue weighted by atomic mass is 10.2. The van der Waals surface area contributed by atoms with Gasteiger partial charge in [-0.15, -0.1) is 0 Å². The van der Waals surface area contributed by atoms with Crippen LogP contribution in [-0.2, 0) is 6.54 Å². The molecule has 0 aliphatic heterocycles. The summed E-state index contributed by atoms with van der Waals surface area (Å²) >= 11 is 5.79. The molecule has 1 N–H and O–H groups in total. The molecule has 0 unspecified atom stereocenters. The normalized spacial score (nSPS) is 10.5. The molecule has 100 valence electrons. The van der Waals surface area contributed by atoms with Crippen molar-refractivity contribution in [1.82, 2.24) is 9.97 Å². The van der Waals surface area contributed by atoms with Gasteiger partial charge in [-0.25, -0.2) is 9.97 Å². The molecule has 2 rings (SSSR count). The van der Waals surface area contributed by atoms with Crippen LogP contribution < -0.4 is 10.1 Å². The summed E-state index contributed by atoms with van der Waals surface area (Å²) in [7, 11) is 0. The number of anilines is 1. The molecule has 4 nitrogen and oxygen atoms in total. The van der Waals surface area contributed by atoms with Gasteiger partial charge < -0.3 is 10.1 Å². The standard InChI is InChI=1S/C14H16ClN3O/c1-10(2)19-14-11(4-3-7-16-14)8-17-13-6-5-12(15)9-18-13/h3-7,9-10H,8H2,1-2H3,(H,17,18). The highest BCUT2D eigenvalue weighted by Crippen LogP contribution is 2.17. The Morgan fingerprint density at radius 3 is 2.79 bits per heavy atom. The molecule has 0 aliphatic rings. The van der Waals surface area contributed by atoms with Crippen LogP contribution in [0.4, 0.5) is 5.82 Å². The topological polar surface area (TPSA) is 47.0 Å². The third-order valence-corrected chi connectivity index (χ3v) is 2.61. The summed E-state index contributed by atoms with van der Waals surface area (Å²) in [4.78, 5) is 8.42. The van der Waals surface area contributed by atoms with E-state index >= 15 is 0 Å². The second-order valence-corrected chi connectivity index (χ2v) is 4.79. The number of halogens is 1. The summed E-state index contributed by atoms with van der Waals surface area (Å²) in [5, 5.41) is 3.83. The van der Waals surface area contributed by atoms with Gasteiger partial charge in [0.2, 0.25) is 5.88 Å². The molecule has 0 radical (unpaired) electrons. The van der Waals surface area contributed by atoms with Crippen molar-refractivity contribution in [2.75, 3.05) is 5.32 Å². The van der Waals surface area contributed by atoms with Crippen LogP contribution in [0.5, 0.6) is 5.88 Å². The molecule has 5 heteroatoms. The Kier molecular flexibility index (Phi) is 4.58. The van der Waals surface area contributed by atoms with Crippen LogP contribution in [-0.4, -0.2) is 16.1 Å². The molecule has 2 aromatic heterocycles. The molecule has 19 heavy (non-hydrogen) atoms. The number of nitrogens with zero attached hydrogens (tertiary/aromatic N) is 2. The average molecular weight is 278 g/mol. The molecule has 0 aliphatic carbocycles. The summed E-state index contributed by atoms with van der Waals surface area (Å²) in [5.41, 5.74) is 0.993. The first-order chi connectivity index (χ1) is 9.15. The third kappa shape index (κ3) is 4.10. The SMILES string of the molecule is CC(C)Oc1ncccc1CNc1ccc(Cl)cn1. The number of hydrogen-bond donors (Lipinski definition) is 1. The molecule has 0 bridgehead atoms. The second-order valence-electron chi connectivity index (χ2n) is 4.35. The quantitative estimate of drug-likeness (QED) is 0.908. The smallest absolute Gasteiger partial charge is 0.218 e. The predicted octanol–water partition coefficient (Wildman–Crippen LogP) is 3.53. The molecule has 0 spiro atoms. The zero-order valence-electron chi connectivity index (χ0n) is 10.9. The van der Waals surface area contributed by atoms with Gasteiger partial charge in [-0.2, -0.15) is 0 Å². The van der Waals surface area contributed by atoms with Crippen LogP contribution in [0.2, 0.25) is 5.02 Å². The van der Waals surface area contributed by atoms with Crippen molar-refractivity contribution < 1.29 is 4.74 Å². The zero-order valence-corrected chi connectivity index (χ0v) is 11.7. The van der Waals surface area contributed by atoms with Gasteiger partial charge >= 0.3 is 0 Å². The fourth-order valence-corrected chi connectivity index (χ4v) is 1.67. The Bertz CT molecular complexity index is 528. The number of hydrogen-bond acceptors (Lipinski definition) is 4. The van der Waals surface area contributed by atoms with E-state index in [-0.39, 0.29) is 6.10 Å². The highest BCUT2D eigenvalue weighted by molar-refractivity contribution is 6.30. The van der Waals surface area contributed by atoms with Crippen molar-refractivity contribution in [3.8, 4) is 5.88 Å². The van der Waals surface area contributed by atoms with Crippen molar-refractivity contribution in [1.29, 1.82) is 0 Å². The van der Waals surface area contributed by atoms with Gasteiger partial charge in [0.15, 0.2) is 0 Å². The molecule has 0 aromatic carbocycles. The van der Waals surface area contributed by atoms with E-state index in [1.54, 1.807) is 18.5 Å². The summed E-state index contributed by atoms with van der Waals surface area (Å²) in [5.74, 6) is 1.42. The highest BCUT2D eigenvalue weighted by Gasteiger charge is 2.06. The van der Waals surface area contributed by atoms with Gasteiger partial charge in [0.05, 0.1) is 11.1 Å². The predicted molar refractivity (Wildman–Crippen MR) is 76.6 cm³/mol. The van der Waals surface area contributed by atoms with E-state index in [2.05, 4.69) is 15.3 Å². The molecule has 2 aromatic rings. The number of nitrogens with one attached hydrogen (secondary N) is 1. The van der Waals surface area contributed by atoms with Crippen molar-refractivity contribution in [3.63, 3.8) is 0 Å². The van der Waals surface area contributed by atoms with Crippen LogP contribution in [0, 0.1) is 0 Å². The molecule has 2 heterocycles. The van der Waals surface area contributed by atoms with Gasteiger partial charge in [0, 0.05) is 24.5 Å². The maximum atomic E-state index is 5.79. The van der Waals surface area contributed by atoms with Gasteiger partial charge in [0.1, 0.15) is 5.82 Å². The fourth-order valence-electron chi connectivity index (χ4n) is 1.55. The minimum atomic E-state index is 0.0994. The van der Waals surface area contributed by atoms with Crippen LogP contribution in [0.3, 0.4) is 0 Å². The van der Waals surface area contributed by atoms with E-state index < -0.39 is 0 Å². The first-order valence-corrected chi connectivity index (χ1v) is 6.49.